The number of rotatable bonds is 15. The quantitative estimate of drug-likeness (QED) is 0.168. The highest BCUT2D eigenvalue weighted by atomic mass is 32.2. The Morgan fingerprint density at radius 2 is 1.64 bits per heavy atom. The van der Waals surface area contributed by atoms with Gasteiger partial charge in [0.25, 0.3) is 0 Å². The number of fused-ring (bicyclic) bond motifs is 1. The molecule has 0 aliphatic carbocycles. The molecule has 0 aromatic heterocycles. The van der Waals surface area contributed by atoms with Gasteiger partial charge in [-0.3, -0.25) is 4.79 Å². The lowest BCUT2D eigenvalue weighted by Crippen LogP contribution is -2.45. The highest BCUT2D eigenvalue weighted by Crippen LogP contribution is 2.20. The Kier molecular flexibility index (Phi) is 11.3. The molecule has 0 fully saturated rings. The van der Waals surface area contributed by atoms with Crippen LogP contribution in [0.5, 0.6) is 0 Å². The van der Waals surface area contributed by atoms with E-state index in [0.717, 1.165) is 16.3 Å². The van der Waals surface area contributed by atoms with Gasteiger partial charge < -0.3 is 21.9 Å². The summed E-state index contributed by atoms with van der Waals surface area (Å²) < 4.78 is 28.1. The molecule has 0 heterocycles. The second kappa shape index (κ2) is 14.4. The van der Waals surface area contributed by atoms with Gasteiger partial charge in [0.2, 0.25) is 15.9 Å². The highest BCUT2D eigenvalue weighted by Gasteiger charge is 2.30. The summed E-state index contributed by atoms with van der Waals surface area (Å²) in [5, 5.41) is 15.2. The third kappa shape index (κ3) is 9.32. The van der Waals surface area contributed by atoms with E-state index in [4.69, 9.17) is 11.5 Å². The number of nitrogens with two attached hydrogens (primary N) is 2. The van der Waals surface area contributed by atoms with Gasteiger partial charge in [0, 0.05) is 24.8 Å². The summed E-state index contributed by atoms with van der Waals surface area (Å²) in [4.78, 5) is 12.5. The molecule has 8 nitrogen and oxygen atoms in total. The van der Waals surface area contributed by atoms with Crippen molar-refractivity contribution in [3.63, 3.8) is 0 Å². The van der Waals surface area contributed by atoms with Crippen molar-refractivity contribution >= 4 is 32.4 Å². The topological polar surface area (TPSA) is 139 Å². The van der Waals surface area contributed by atoms with E-state index in [1.54, 1.807) is 24.3 Å². The number of sulfonamides is 1. The lowest BCUT2D eigenvalue weighted by molar-refractivity contribution is -0.122. The lowest BCUT2D eigenvalue weighted by Gasteiger charge is -2.31. The lowest BCUT2D eigenvalue weighted by atomic mass is 10.0. The molecule has 3 aromatic rings. The van der Waals surface area contributed by atoms with Crippen LogP contribution in [0.4, 0.5) is 5.69 Å². The summed E-state index contributed by atoms with van der Waals surface area (Å²) in [6, 6.07) is 19.7. The molecular formula is C30H42N4O4S. The predicted molar refractivity (Wildman–Crippen MR) is 158 cm³/mol. The molecule has 1 amide bonds. The number of hydrogen-bond donors (Lipinski definition) is 4. The summed E-state index contributed by atoms with van der Waals surface area (Å²) in [7, 11) is -3.66. The Bertz CT molecular complexity index is 1310. The van der Waals surface area contributed by atoms with Gasteiger partial charge in [0.1, 0.15) is 0 Å². The summed E-state index contributed by atoms with van der Waals surface area (Å²) in [5.74, 6) is -0.264. The average molecular weight is 555 g/mol. The van der Waals surface area contributed by atoms with Crippen molar-refractivity contribution in [3.8, 4) is 0 Å². The van der Waals surface area contributed by atoms with Crippen molar-refractivity contribution in [2.24, 2.45) is 11.7 Å². The van der Waals surface area contributed by atoms with Crippen LogP contribution < -0.4 is 16.8 Å². The molecule has 3 aromatic carbocycles. The zero-order valence-corrected chi connectivity index (χ0v) is 23.7. The third-order valence-electron chi connectivity index (χ3n) is 6.72. The van der Waals surface area contributed by atoms with Crippen LogP contribution in [0.2, 0.25) is 0 Å². The van der Waals surface area contributed by atoms with Crippen LogP contribution in [-0.2, 0) is 27.0 Å². The first-order valence-corrected chi connectivity index (χ1v) is 15.2. The maximum Gasteiger partial charge on any atom is 0.237 e. The van der Waals surface area contributed by atoms with Gasteiger partial charge in [-0.1, -0.05) is 74.9 Å². The maximum atomic E-state index is 13.3. The number of anilines is 1. The fourth-order valence-electron chi connectivity index (χ4n) is 4.64. The molecule has 2 atom stereocenters. The van der Waals surface area contributed by atoms with Gasteiger partial charge in [0.05, 0.1) is 18.4 Å². The van der Waals surface area contributed by atoms with Gasteiger partial charge in [0.15, 0.2) is 0 Å². The van der Waals surface area contributed by atoms with E-state index in [-0.39, 0.29) is 24.2 Å². The van der Waals surface area contributed by atoms with E-state index >= 15 is 0 Å². The molecule has 0 radical (unpaired) electrons. The average Bonchev–Trinajstić information content (AvgIpc) is 2.90. The minimum absolute atomic E-state index is 0.101. The molecule has 6 N–H and O–H groups in total. The minimum atomic E-state index is -3.66. The normalized spacial score (nSPS) is 13.6. The Morgan fingerprint density at radius 1 is 0.974 bits per heavy atom. The number of benzene rings is 3. The standard InChI is InChI=1S/C30H42N4O4S/c1-22(2)19-34(39(37,38)21-23-11-14-27(31)15-12-23)28(20-35)9-5-6-16-33-30(36)29(32)18-24-10-13-25-7-3-4-8-26(25)17-24/h3-4,7-8,10-15,17,22,28-29,35H,5-6,9,16,18-21,31-32H2,1-2H3,(H,33,36)/t28-,29-/m0/s1. The number of amides is 1. The van der Waals surface area contributed by atoms with Gasteiger partial charge in [-0.05, 0) is 59.2 Å². The molecular weight excluding hydrogens is 512 g/mol. The number of nitrogen functional groups attached to an aromatic ring is 1. The smallest absolute Gasteiger partial charge is 0.237 e. The van der Waals surface area contributed by atoms with Crippen LogP contribution in [0.25, 0.3) is 10.8 Å². The van der Waals surface area contributed by atoms with Crippen LogP contribution in [0, 0.1) is 5.92 Å². The molecule has 0 aliphatic heterocycles. The Balaban J connectivity index is 1.49. The number of carbonyl (C=O) groups is 1. The fraction of sp³-hybridized carbons (Fsp3) is 0.433. The Labute approximate surface area is 232 Å². The van der Waals surface area contributed by atoms with Crippen molar-refractivity contribution in [2.75, 3.05) is 25.4 Å². The minimum Gasteiger partial charge on any atom is -0.399 e. The molecule has 39 heavy (non-hydrogen) atoms. The van der Waals surface area contributed by atoms with Crippen LogP contribution in [0.15, 0.2) is 66.7 Å². The van der Waals surface area contributed by atoms with Gasteiger partial charge in [-0.25, -0.2) is 8.42 Å². The van der Waals surface area contributed by atoms with Crippen molar-refractivity contribution in [2.45, 2.75) is 57.4 Å². The number of aliphatic hydroxyl groups is 1. The monoisotopic (exact) mass is 554 g/mol. The molecule has 0 bridgehead atoms. The second-order valence-electron chi connectivity index (χ2n) is 10.6. The van der Waals surface area contributed by atoms with Gasteiger partial charge >= 0.3 is 0 Å². The SMILES string of the molecule is CC(C)CN([C@H](CO)CCCCNC(=O)[C@@H](N)Cc1ccc2ccccc2c1)S(=O)(=O)Cc1ccc(N)cc1. The molecule has 0 spiro atoms. The van der Waals surface area contributed by atoms with Crippen LogP contribution in [0.1, 0.15) is 44.2 Å². The molecule has 9 heteroatoms. The largest absolute Gasteiger partial charge is 0.399 e. The van der Waals surface area contributed by atoms with E-state index < -0.39 is 22.1 Å². The van der Waals surface area contributed by atoms with Crippen LogP contribution in [0.3, 0.4) is 0 Å². The predicted octanol–water partition coefficient (Wildman–Crippen LogP) is 3.43. The molecule has 212 valence electrons. The Morgan fingerprint density at radius 3 is 2.31 bits per heavy atom. The first kappa shape index (κ1) is 30.6. The molecule has 0 saturated carbocycles. The van der Waals surface area contributed by atoms with E-state index in [1.807, 2.05) is 50.2 Å². The maximum absolute atomic E-state index is 13.3. The van der Waals surface area contributed by atoms with E-state index in [1.165, 1.54) is 4.31 Å². The van der Waals surface area contributed by atoms with Crippen molar-refractivity contribution in [3.05, 3.63) is 77.9 Å². The number of unbranched alkanes of at least 4 members (excludes halogenated alkanes) is 1. The van der Waals surface area contributed by atoms with Crippen molar-refractivity contribution in [1.82, 2.24) is 9.62 Å². The molecule has 0 unspecified atom stereocenters. The number of aliphatic hydroxyl groups excluding tert-OH is 1. The van der Waals surface area contributed by atoms with Crippen molar-refractivity contribution < 1.29 is 18.3 Å². The highest BCUT2D eigenvalue weighted by molar-refractivity contribution is 7.88. The first-order chi connectivity index (χ1) is 18.6. The zero-order valence-electron chi connectivity index (χ0n) is 22.9. The van der Waals surface area contributed by atoms with Gasteiger partial charge in [-0.2, -0.15) is 4.31 Å². The van der Waals surface area contributed by atoms with E-state index in [0.29, 0.717) is 50.0 Å². The van der Waals surface area contributed by atoms with E-state index in [9.17, 15) is 18.3 Å². The molecule has 0 saturated heterocycles. The second-order valence-corrected chi connectivity index (χ2v) is 12.5. The molecule has 3 rings (SSSR count). The summed E-state index contributed by atoms with van der Waals surface area (Å²) in [6.45, 7) is 4.40. The Hall–Kier alpha value is -2.98. The zero-order chi connectivity index (χ0) is 28.4. The number of hydrogen-bond acceptors (Lipinski definition) is 6. The fourth-order valence-corrected chi connectivity index (χ4v) is 6.57. The molecule has 0 aliphatic rings. The van der Waals surface area contributed by atoms with Gasteiger partial charge in [-0.15, -0.1) is 0 Å². The van der Waals surface area contributed by atoms with E-state index in [2.05, 4.69) is 11.4 Å². The number of nitrogens with one attached hydrogen (secondary N) is 1. The summed E-state index contributed by atoms with van der Waals surface area (Å²) in [6.07, 6.45) is 2.23. The number of carbonyl (C=O) groups excluding carboxylic acids is 1. The van der Waals surface area contributed by atoms with Crippen LogP contribution in [-0.4, -0.2) is 55.5 Å². The summed E-state index contributed by atoms with van der Waals surface area (Å²) in [5.41, 5.74) is 14.1. The first-order valence-electron chi connectivity index (χ1n) is 13.5. The van der Waals surface area contributed by atoms with Crippen molar-refractivity contribution in [1.29, 1.82) is 0 Å². The number of nitrogens with zero attached hydrogens (tertiary/aromatic N) is 1. The van der Waals surface area contributed by atoms with Crippen LogP contribution >= 0.6 is 0 Å². The summed E-state index contributed by atoms with van der Waals surface area (Å²) >= 11 is 0. The third-order valence-corrected chi connectivity index (χ3v) is 8.58.